The fourth-order valence-electron chi connectivity index (χ4n) is 1.93. The summed E-state index contributed by atoms with van der Waals surface area (Å²) in [5, 5.41) is 3.94. The van der Waals surface area contributed by atoms with Crippen LogP contribution in [0.25, 0.3) is 0 Å². The minimum Gasteiger partial charge on any atom is -0.493 e. The lowest BCUT2D eigenvalue weighted by atomic mass is 10.2. The third-order valence-electron chi connectivity index (χ3n) is 3.09. The molecular weight excluding hydrogens is 362 g/mol. The van der Waals surface area contributed by atoms with E-state index >= 15 is 0 Å². The lowest BCUT2D eigenvalue weighted by Gasteiger charge is -2.10. The number of benzene rings is 2. The summed E-state index contributed by atoms with van der Waals surface area (Å²) < 4.78 is 11.2. The second kappa shape index (κ2) is 7.64. The van der Waals surface area contributed by atoms with Crippen LogP contribution in [0.1, 0.15) is 15.9 Å². The average Bonchev–Trinajstić information content (AvgIpc) is 2.56. The number of carbonyl (C=O) groups is 1. The highest BCUT2D eigenvalue weighted by molar-refractivity contribution is 9.10. The van der Waals surface area contributed by atoms with Crippen LogP contribution >= 0.6 is 15.9 Å². The summed E-state index contributed by atoms with van der Waals surface area (Å²) in [7, 11) is 3.10. The molecule has 120 valence electrons. The Morgan fingerprint density at radius 3 is 2.61 bits per heavy atom. The molecule has 2 aromatic carbocycles. The van der Waals surface area contributed by atoms with Gasteiger partial charge in [-0.15, -0.1) is 0 Å². The SMILES string of the molecule is COc1ccc(/C=N\NC(=O)c2ccccc2N)c(Br)c1OC. The molecule has 3 N–H and O–H groups in total. The maximum Gasteiger partial charge on any atom is 0.273 e. The van der Waals surface area contributed by atoms with Gasteiger partial charge in [0.2, 0.25) is 0 Å². The van der Waals surface area contributed by atoms with Crippen molar-refractivity contribution in [2.75, 3.05) is 20.0 Å². The van der Waals surface area contributed by atoms with E-state index < -0.39 is 0 Å². The van der Waals surface area contributed by atoms with E-state index in [1.165, 1.54) is 6.21 Å². The number of carbonyl (C=O) groups excluding carboxylic acids is 1. The monoisotopic (exact) mass is 377 g/mol. The van der Waals surface area contributed by atoms with Crippen molar-refractivity contribution >= 4 is 33.7 Å². The highest BCUT2D eigenvalue weighted by atomic mass is 79.9. The van der Waals surface area contributed by atoms with Gasteiger partial charge < -0.3 is 15.2 Å². The summed E-state index contributed by atoms with van der Waals surface area (Å²) in [6.45, 7) is 0. The number of nitrogen functional groups attached to an aromatic ring is 1. The number of hydrogen-bond donors (Lipinski definition) is 2. The van der Waals surface area contributed by atoms with Gasteiger partial charge in [-0.05, 0) is 40.2 Å². The van der Waals surface area contributed by atoms with Gasteiger partial charge >= 0.3 is 0 Å². The summed E-state index contributed by atoms with van der Waals surface area (Å²) in [5.41, 5.74) is 9.68. The zero-order valence-electron chi connectivity index (χ0n) is 12.7. The first-order valence-electron chi connectivity index (χ1n) is 6.67. The van der Waals surface area contributed by atoms with Crippen LogP contribution in [0.5, 0.6) is 11.5 Å². The van der Waals surface area contributed by atoms with Gasteiger partial charge in [0, 0.05) is 11.3 Å². The van der Waals surface area contributed by atoms with Gasteiger partial charge in [0.25, 0.3) is 5.91 Å². The molecule has 0 aliphatic rings. The Balaban J connectivity index is 2.15. The number of nitrogens with two attached hydrogens (primary N) is 1. The third kappa shape index (κ3) is 3.81. The van der Waals surface area contributed by atoms with Gasteiger partial charge in [-0.3, -0.25) is 4.79 Å². The van der Waals surface area contributed by atoms with Crippen molar-refractivity contribution in [2.24, 2.45) is 5.10 Å². The fourth-order valence-corrected chi connectivity index (χ4v) is 2.52. The number of halogens is 1. The number of amides is 1. The molecule has 23 heavy (non-hydrogen) atoms. The number of para-hydroxylation sites is 1. The number of nitrogens with one attached hydrogen (secondary N) is 1. The lowest BCUT2D eigenvalue weighted by Crippen LogP contribution is -2.19. The molecule has 0 aliphatic heterocycles. The maximum atomic E-state index is 12.0. The summed E-state index contributed by atoms with van der Waals surface area (Å²) in [5.74, 6) is 0.767. The highest BCUT2D eigenvalue weighted by Gasteiger charge is 2.12. The maximum absolute atomic E-state index is 12.0. The van der Waals surface area contributed by atoms with Gasteiger partial charge in [0.15, 0.2) is 11.5 Å². The summed E-state index contributed by atoms with van der Waals surface area (Å²) in [6.07, 6.45) is 1.50. The molecule has 0 spiro atoms. The molecule has 2 rings (SSSR count). The lowest BCUT2D eigenvalue weighted by molar-refractivity contribution is 0.0956. The molecule has 0 atom stereocenters. The second-order valence-corrected chi connectivity index (χ2v) is 5.28. The second-order valence-electron chi connectivity index (χ2n) is 4.49. The zero-order chi connectivity index (χ0) is 16.8. The Morgan fingerprint density at radius 1 is 1.22 bits per heavy atom. The van der Waals surface area contributed by atoms with Crippen molar-refractivity contribution in [3.8, 4) is 11.5 Å². The normalized spacial score (nSPS) is 10.6. The molecule has 1 amide bonds. The topological polar surface area (TPSA) is 85.9 Å². The number of methoxy groups -OCH3 is 2. The first kappa shape index (κ1) is 16.8. The van der Waals surface area contributed by atoms with Crippen molar-refractivity contribution in [1.29, 1.82) is 0 Å². The predicted molar refractivity (Wildman–Crippen MR) is 93.2 cm³/mol. The van der Waals surface area contributed by atoms with E-state index in [2.05, 4.69) is 26.5 Å². The quantitative estimate of drug-likeness (QED) is 0.476. The van der Waals surface area contributed by atoms with Gasteiger partial charge in [-0.1, -0.05) is 12.1 Å². The molecule has 0 saturated carbocycles. The molecule has 0 unspecified atom stereocenters. The Morgan fingerprint density at radius 2 is 1.96 bits per heavy atom. The number of rotatable bonds is 5. The Kier molecular flexibility index (Phi) is 5.59. The molecule has 0 aromatic heterocycles. The van der Waals surface area contributed by atoms with Crippen LogP contribution < -0.4 is 20.6 Å². The molecule has 0 fully saturated rings. The minimum absolute atomic E-state index is 0.371. The van der Waals surface area contributed by atoms with Gasteiger partial charge in [0.1, 0.15) is 0 Å². The summed E-state index contributed by atoms with van der Waals surface area (Å²) >= 11 is 3.43. The Bertz CT molecular complexity index is 747. The molecule has 0 saturated heterocycles. The van der Waals surface area contributed by atoms with Crippen LogP contribution in [0.3, 0.4) is 0 Å². The van der Waals surface area contributed by atoms with E-state index in [4.69, 9.17) is 15.2 Å². The number of hydrogen-bond acceptors (Lipinski definition) is 5. The first-order chi connectivity index (χ1) is 11.1. The van der Waals surface area contributed by atoms with E-state index in [-0.39, 0.29) is 5.91 Å². The van der Waals surface area contributed by atoms with Crippen LogP contribution in [-0.4, -0.2) is 26.3 Å². The molecule has 7 heteroatoms. The molecule has 0 aliphatic carbocycles. The molecule has 0 bridgehead atoms. The Labute approximate surface area is 142 Å². The average molecular weight is 378 g/mol. The van der Waals surface area contributed by atoms with Crippen molar-refractivity contribution < 1.29 is 14.3 Å². The standard InChI is InChI=1S/C16H16BrN3O3/c1-22-13-8-7-10(14(17)15(13)23-2)9-19-20-16(21)11-5-3-4-6-12(11)18/h3-9H,18H2,1-2H3,(H,20,21)/b19-9-. The largest absolute Gasteiger partial charge is 0.493 e. The highest BCUT2D eigenvalue weighted by Crippen LogP contribution is 2.36. The van der Waals surface area contributed by atoms with Crippen molar-refractivity contribution in [3.63, 3.8) is 0 Å². The van der Waals surface area contributed by atoms with Crippen LogP contribution in [0.4, 0.5) is 5.69 Å². The fraction of sp³-hybridized carbons (Fsp3) is 0.125. The van der Waals surface area contributed by atoms with E-state index in [0.717, 1.165) is 5.56 Å². The van der Waals surface area contributed by atoms with Gasteiger partial charge in [-0.2, -0.15) is 5.10 Å². The minimum atomic E-state index is -0.379. The van der Waals surface area contributed by atoms with E-state index in [1.807, 2.05) is 0 Å². The van der Waals surface area contributed by atoms with Crippen LogP contribution in [0, 0.1) is 0 Å². The molecule has 0 heterocycles. The smallest absolute Gasteiger partial charge is 0.273 e. The molecular formula is C16H16BrN3O3. The Hall–Kier alpha value is -2.54. The van der Waals surface area contributed by atoms with Gasteiger partial charge in [-0.25, -0.2) is 5.43 Å². The summed E-state index contributed by atoms with van der Waals surface area (Å²) in [4.78, 5) is 12.0. The van der Waals surface area contributed by atoms with Crippen molar-refractivity contribution in [1.82, 2.24) is 5.43 Å². The molecule has 6 nitrogen and oxygen atoms in total. The van der Waals surface area contributed by atoms with Crippen molar-refractivity contribution in [2.45, 2.75) is 0 Å². The predicted octanol–water partition coefficient (Wildman–Crippen LogP) is 2.81. The van der Waals surface area contributed by atoms with E-state index in [9.17, 15) is 4.79 Å². The number of nitrogens with zero attached hydrogens (tertiary/aromatic N) is 1. The van der Waals surface area contributed by atoms with E-state index in [1.54, 1.807) is 50.6 Å². The summed E-state index contributed by atoms with van der Waals surface area (Å²) in [6, 6.07) is 10.3. The van der Waals surface area contributed by atoms with Crippen molar-refractivity contribution in [3.05, 3.63) is 52.0 Å². The third-order valence-corrected chi connectivity index (χ3v) is 3.91. The number of ether oxygens (including phenoxy) is 2. The molecule has 0 radical (unpaired) electrons. The van der Waals surface area contributed by atoms with E-state index in [0.29, 0.717) is 27.2 Å². The zero-order valence-corrected chi connectivity index (χ0v) is 14.3. The number of hydrazone groups is 1. The number of anilines is 1. The van der Waals surface area contributed by atoms with Crippen LogP contribution in [0.15, 0.2) is 46.0 Å². The first-order valence-corrected chi connectivity index (χ1v) is 7.46. The molecule has 2 aromatic rings. The van der Waals surface area contributed by atoms with Crippen LogP contribution in [-0.2, 0) is 0 Å². The van der Waals surface area contributed by atoms with Gasteiger partial charge in [0.05, 0.1) is 30.5 Å². The van der Waals surface area contributed by atoms with Crippen LogP contribution in [0.2, 0.25) is 0 Å².